The molecule has 2 fully saturated rings. The van der Waals surface area contributed by atoms with Crippen molar-refractivity contribution < 1.29 is 18.0 Å². The summed E-state index contributed by atoms with van der Waals surface area (Å²) in [5.74, 6) is -0.648. The molecular weight excluding hydrogens is 342 g/mol. The van der Waals surface area contributed by atoms with Crippen molar-refractivity contribution in [3.63, 3.8) is 0 Å². The van der Waals surface area contributed by atoms with Gasteiger partial charge in [0.05, 0.1) is 17.4 Å². The molecule has 0 aromatic heterocycles. The Bertz CT molecular complexity index is 774. The van der Waals surface area contributed by atoms with E-state index in [0.29, 0.717) is 13.0 Å². The summed E-state index contributed by atoms with van der Waals surface area (Å²) >= 11 is 0. The van der Waals surface area contributed by atoms with Crippen molar-refractivity contribution in [2.75, 3.05) is 41.9 Å². The fraction of sp³-hybridized carbons (Fsp3) is 0.529. The number of rotatable bonds is 4. The van der Waals surface area contributed by atoms with E-state index >= 15 is 0 Å². The number of hydrogen-bond acceptors (Lipinski definition) is 5. The summed E-state index contributed by atoms with van der Waals surface area (Å²) in [6.45, 7) is 0.325. The van der Waals surface area contributed by atoms with E-state index in [1.165, 1.54) is 0 Å². The number of amides is 2. The molecule has 136 valence electrons. The summed E-state index contributed by atoms with van der Waals surface area (Å²) in [4.78, 5) is 28.3. The number of nitrogens with one attached hydrogen (secondary N) is 1. The molecule has 1 N–H and O–H groups in total. The minimum absolute atomic E-state index is 0.00484. The molecule has 7 nitrogen and oxygen atoms in total. The average molecular weight is 365 g/mol. The lowest BCUT2D eigenvalue weighted by molar-refractivity contribution is -0.126. The van der Waals surface area contributed by atoms with Crippen molar-refractivity contribution in [1.82, 2.24) is 5.32 Å². The third-order valence-electron chi connectivity index (χ3n) is 4.75. The molecule has 2 amide bonds. The molecule has 0 radical (unpaired) electrons. The topological polar surface area (TPSA) is 86.8 Å². The Morgan fingerprint density at radius 1 is 1.24 bits per heavy atom. The lowest BCUT2D eigenvalue weighted by atomic mass is 10.1. The Morgan fingerprint density at radius 2 is 1.92 bits per heavy atom. The Balaban J connectivity index is 1.63. The highest BCUT2D eigenvalue weighted by molar-refractivity contribution is 7.91. The van der Waals surface area contributed by atoms with Crippen molar-refractivity contribution in [2.24, 2.45) is 5.92 Å². The number of benzene rings is 1. The molecular formula is C17H23N3O4S. The maximum atomic E-state index is 12.4. The molecule has 0 saturated carbocycles. The van der Waals surface area contributed by atoms with E-state index in [-0.39, 0.29) is 35.8 Å². The van der Waals surface area contributed by atoms with Gasteiger partial charge >= 0.3 is 0 Å². The summed E-state index contributed by atoms with van der Waals surface area (Å²) in [7, 11) is 0.852. The van der Waals surface area contributed by atoms with Crippen LogP contribution in [0.1, 0.15) is 12.8 Å². The monoisotopic (exact) mass is 365 g/mol. The van der Waals surface area contributed by atoms with Gasteiger partial charge in [0.25, 0.3) is 0 Å². The lowest BCUT2D eigenvalue weighted by Gasteiger charge is -2.19. The second-order valence-corrected chi connectivity index (χ2v) is 9.15. The van der Waals surface area contributed by atoms with E-state index in [1.807, 2.05) is 43.3 Å². The second-order valence-electron chi connectivity index (χ2n) is 6.92. The first-order chi connectivity index (χ1) is 11.7. The summed E-state index contributed by atoms with van der Waals surface area (Å²) in [6, 6.07) is 7.27. The molecule has 0 aliphatic carbocycles. The Hall–Kier alpha value is -2.09. The fourth-order valence-electron chi connectivity index (χ4n) is 3.29. The number of carbonyl (C=O) groups is 2. The number of carbonyl (C=O) groups excluding carboxylic acids is 2. The Morgan fingerprint density at radius 3 is 2.48 bits per heavy atom. The zero-order valence-electron chi connectivity index (χ0n) is 14.4. The number of anilines is 2. The molecule has 2 unspecified atom stereocenters. The predicted octanol–water partition coefficient (Wildman–Crippen LogP) is 0.409. The van der Waals surface area contributed by atoms with Crippen LogP contribution < -0.4 is 15.1 Å². The molecule has 1 aromatic carbocycles. The zero-order valence-corrected chi connectivity index (χ0v) is 15.3. The van der Waals surface area contributed by atoms with Crippen LogP contribution in [0.5, 0.6) is 0 Å². The molecule has 8 heteroatoms. The van der Waals surface area contributed by atoms with Crippen molar-refractivity contribution >= 4 is 33.0 Å². The number of nitrogens with zero attached hydrogens (tertiary/aromatic N) is 2. The van der Waals surface area contributed by atoms with Crippen LogP contribution in [0.25, 0.3) is 0 Å². The Kier molecular flexibility index (Phi) is 4.73. The first-order valence-electron chi connectivity index (χ1n) is 8.34. The first kappa shape index (κ1) is 17.7. The van der Waals surface area contributed by atoms with Crippen molar-refractivity contribution in [3.8, 4) is 0 Å². The predicted molar refractivity (Wildman–Crippen MR) is 96.4 cm³/mol. The van der Waals surface area contributed by atoms with Crippen LogP contribution in [0.2, 0.25) is 0 Å². The van der Waals surface area contributed by atoms with Gasteiger partial charge in [-0.1, -0.05) is 0 Å². The van der Waals surface area contributed by atoms with Crippen LogP contribution in [-0.2, 0) is 19.4 Å². The largest absolute Gasteiger partial charge is 0.378 e. The third-order valence-corrected chi connectivity index (χ3v) is 6.52. The summed E-state index contributed by atoms with van der Waals surface area (Å²) in [5.41, 5.74) is 1.81. The van der Waals surface area contributed by atoms with E-state index in [2.05, 4.69) is 5.32 Å². The molecule has 2 aliphatic heterocycles. The van der Waals surface area contributed by atoms with Crippen molar-refractivity contribution in [3.05, 3.63) is 24.3 Å². The molecule has 1 aromatic rings. The zero-order chi connectivity index (χ0) is 18.2. The normalized spacial score (nSPS) is 25.2. The molecule has 3 rings (SSSR count). The van der Waals surface area contributed by atoms with Crippen molar-refractivity contribution in [1.29, 1.82) is 0 Å². The molecule has 25 heavy (non-hydrogen) atoms. The lowest BCUT2D eigenvalue weighted by Crippen LogP contribution is -2.40. The highest BCUT2D eigenvalue weighted by atomic mass is 32.2. The van der Waals surface area contributed by atoms with Gasteiger partial charge in [-0.15, -0.1) is 0 Å². The van der Waals surface area contributed by atoms with Crippen LogP contribution in [-0.4, -0.2) is 58.4 Å². The maximum Gasteiger partial charge on any atom is 0.227 e. The number of hydrogen-bond donors (Lipinski definition) is 1. The van der Waals surface area contributed by atoms with Gasteiger partial charge in [0.2, 0.25) is 11.8 Å². The molecule has 0 bridgehead atoms. The minimum atomic E-state index is -3.04. The second kappa shape index (κ2) is 6.67. The maximum absolute atomic E-state index is 12.4. The van der Waals surface area contributed by atoms with Gasteiger partial charge in [-0.25, -0.2) is 8.42 Å². The molecule has 0 spiro atoms. The van der Waals surface area contributed by atoms with Crippen molar-refractivity contribution in [2.45, 2.75) is 18.9 Å². The van der Waals surface area contributed by atoms with Gasteiger partial charge in [0, 0.05) is 44.5 Å². The van der Waals surface area contributed by atoms with E-state index in [9.17, 15) is 18.0 Å². The average Bonchev–Trinajstić information content (AvgIpc) is 3.10. The SMILES string of the molecule is CN(C)c1ccc(N2CC(C(=O)NC3CCS(=O)(=O)C3)CC2=O)cc1. The fourth-order valence-corrected chi connectivity index (χ4v) is 4.96. The molecule has 2 aliphatic rings. The van der Waals surface area contributed by atoms with Gasteiger partial charge in [-0.2, -0.15) is 0 Å². The smallest absolute Gasteiger partial charge is 0.227 e. The van der Waals surface area contributed by atoms with Crippen LogP contribution in [0.4, 0.5) is 11.4 Å². The van der Waals surface area contributed by atoms with Gasteiger partial charge in [-0.05, 0) is 30.7 Å². The van der Waals surface area contributed by atoms with Crippen LogP contribution in [0.15, 0.2) is 24.3 Å². The van der Waals surface area contributed by atoms with Crippen LogP contribution in [0, 0.1) is 5.92 Å². The molecule has 2 saturated heterocycles. The van der Waals surface area contributed by atoms with Crippen LogP contribution in [0.3, 0.4) is 0 Å². The van der Waals surface area contributed by atoms with Gasteiger partial charge in [-0.3, -0.25) is 9.59 Å². The van der Waals surface area contributed by atoms with Crippen LogP contribution >= 0.6 is 0 Å². The minimum Gasteiger partial charge on any atom is -0.378 e. The molecule has 2 atom stereocenters. The van der Waals surface area contributed by atoms with E-state index in [4.69, 9.17) is 0 Å². The van der Waals surface area contributed by atoms with E-state index in [0.717, 1.165) is 11.4 Å². The summed E-state index contributed by atoms with van der Waals surface area (Å²) in [5, 5.41) is 2.79. The molecule has 2 heterocycles. The van der Waals surface area contributed by atoms with E-state index in [1.54, 1.807) is 4.90 Å². The first-order valence-corrected chi connectivity index (χ1v) is 10.2. The standard InChI is InChI=1S/C17H23N3O4S/c1-19(2)14-3-5-15(6-4-14)20-10-12(9-16(20)21)17(22)18-13-7-8-25(23,24)11-13/h3-6,12-13H,7-11H2,1-2H3,(H,18,22). The Labute approximate surface area is 147 Å². The van der Waals surface area contributed by atoms with Gasteiger partial charge in [0.1, 0.15) is 0 Å². The van der Waals surface area contributed by atoms with Gasteiger partial charge in [0.15, 0.2) is 9.84 Å². The quantitative estimate of drug-likeness (QED) is 0.835. The highest BCUT2D eigenvalue weighted by Gasteiger charge is 2.37. The highest BCUT2D eigenvalue weighted by Crippen LogP contribution is 2.27. The van der Waals surface area contributed by atoms with E-state index < -0.39 is 15.8 Å². The summed E-state index contributed by atoms with van der Waals surface area (Å²) < 4.78 is 23.0. The van der Waals surface area contributed by atoms with Gasteiger partial charge < -0.3 is 15.1 Å². The number of sulfone groups is 1. The third kappa shape index (κ3) is 3.95. The summed E-state index contributed by atoms with van der Waals surface area (Å²) in [6.07, 6.45) is 0.602.